The molecule has 0 aliphatic carbocycles. The summed E-state index contributed by atoms with van der Waals surface area (Å²) in [4.78, 5) is 3.20. The van der Waals surface area contributed by atoms with Gasteiger partial charge in [0.25, 0.3) is 10.0 Å². The molecular formula is C12H11ClN2O2S2. The predicted molar refractivity (Wildman–Crippen MR) is 78.3 cm³/mol. The summed E-state index contributed by atoms with van der Waals surface area (Å²) in [6, 6.07) is 11.6. The Balaban J connectivity index is 2.18. The van der Waals surface area contributed by atoms with Crippen molar-refractivity contribution in [1.29, 1.82) is 0 Å². The molecule has 0 bridgehead atoms. The summed E-state index contributed by atoms with van der Waals surface area (Å²) >= 11 is 7.16. The first-order chi connectivity index (χ1) is 8.99. The Morgan fingerprint density at radius 2 is 1.89 bits per heavy atom. The molecule has 0 aliphatic rings. The van der Waals surface area contributed by atoms with Crippen LogP contribution in [0.5, 0.6) is 0 Å². The number of thiophene rings is 1. The van der Waals surface area contributed by atoms with Crippen molar-refractivity contribution in [3.05, 3.63) is 51.7 Å². The molecule has 1 aromatic carbocycles. The lowest BCUT2D eigenvalue weighted by atomic mass is 10.3. The molecule has 0 aliphatic heterocycles. The first kappa shape index (κ1) is 14.0. The van der Waals surface area contributed by atoms with E-state index in [2.05, 4.69) is 9.93 Å². The standard InChI is InChI=1S/C12H11ClN2O2S2/c1-9(11-7-8-12(13)18-11)14-15-19(16,17)10-5-3-2-4-6-10/h2-8,15H,1H3. The lowest BCUT2D eigenvalue weighted by molar-refractivity contribution is 0.584. The van der Waals surface area contributed by atoms with E-state index >= 15 is 0 Å². The second-order valence-electron chi connectivity index (χ2n) is 3.71. The minimum atomic E-state index is -3.62. The van der Waals surface area contributed by atoms with Gasteiger partial charge in [0.2, 0.25) is 0 Å². The Morgan fingerprint density at radius 3 is 2.47 bits per heavy atom. The lowest BCUT2D eigenvalue weighted by Gasteiger charge is -2.03. The van der Waals surface area contributed by atoms with Gasteiger partial charge in [0.15, 0.2) is 0 Å². The Bertz CT molecular complexity index is 694. The van der Waals surface area contributed by atoms with Crippen LogP contribution in [0.1, 0.15) is 11.8 Å². The number of hydrogen-bond acceptors (Lipinski definition) is 4. The third-order valence-electron chi connectivity index (χ3n) is 2.32. The monoisotopic (exact) mass is 314 g/mol. The van der Waals surface area contributed by atoms with E-state index in [0.29, 0.717) is 10.0 Å². The highest BCUT2D eigenvalue weighted by Crippen LogP contribution is 2.21. The first-order valence-electron chi connectivity index (χ1n) is 5.36. The number of nitrogens with zero attached hydrogens (tertiary/aromatic N) is 1. The molecule has 2 aromatic rings. The Labute approximate surface area is 120 Å². The summed E-state index contributed by atoms with van der Waals surface area (Å²) in [5.41, 5.74) is 0.566. The fraction of sp³-hybridized carbons (Fsp3) is 0.0833. The van der Waals surface area contributed by atoms with E-state index < -0.39 is 10.0 Å². The molecule has 0 atom stereocenters. The molecular weight excluding hydrogens is 304 g/mol. The second-order valence-corrected chi connectivity index (χ2v) is 7.08. The molecule has 2 rings (SSSR count). The summed E-state index contributed by atoms with van der Waals surface area (Å²) in [6.07, 6.45) is 0. The van der Waals surface area contributed by atoms with Gasteiger partial charge in [0.1, 0.15) is 0 Å². The number of rotatable bonds is 4. The van der Waals surface area contributed by atoms with Crippen molar-refractivity contribution in [3.8, 4) is 0 Å². The minimum absolute atomic E-state index is 0.177. The van der Waals surface area contributed by atoms with Gasteiger partial charge >= 0.3 is 0 Å². The average molecular weight is 315 g/mol. The van der Waals surface area contributed by atoms with Gasteiger partial charge in [-0.15, -0.1) is 11.3 Å². The van der Waals surface area contributed by atoms with E-state index in [-0.39, 0.29) is 4.90 Å². The molecule has 0 radical (unpaired) electrons. The molecule has 0 unspecified atom stereocenters. The quantitative estimate of drug-likeness (QED) is 0.696. The molecule has 0 fully saturated rings. The topological polar surface area (TPSA) is 58.5 Å². The average Bonchev–Trinajstić information content (AvgIpc) is 2.84. The molecule has 1 aromatic heterocycles. The molecule has 100 valence electrons. The van der Waals surface area contributed by atoms with Crippen molar-refractivity contribution in [3.63, 3.8) is 0 Å². The van der Waals surface area contributed by atoms with Crippen molar-refractivity contribution in [2.24, 2.45) is 5.10 Å². The maximum absolute atomic E-state index is 11.9. The first-order valence-corrected chi connectivity index (χ1v) is 8.04. The minimum Gasteiger partial charge on any atom is -0.200 e. The van der Waals surface area contributed by atoms with Gasteiger partial charge in [-0.05, 0) is 31.2 Å². The van der Waals surface area contributed by atoms with E-state index in [0.717, 1.165) is 4.88 Å². The van der Waals surface area contributed by atoms with Crippen molar-refractivity contribution in [1.82, 2.24) is 4.83 Å². The van der Waals surface area contributed by atoms with Gasteiger partial charge in [-0.2, -0.15) is 18.4 Å². The van der Waals surface area contributed by atoms with Crippen LogP contribution in [0.2, 0.25) is 4.34 Å². The zero-order valence-corrected chi connectivity index (χ0v) is 12.4. The van der Waals surface area contributed by atoms with Gasteiger partial charge in [0, 0.05) is 0 Å². The summed E-state index contributed by atoms with van der Waals surface area (Å²) in [6.45, 7) is 1.72. The summed E-state index contributed by atoms with van der Waals surface area (Å²) in [5, 5.41) is 3.89. The normalized spacial score (nSPS) is 12.4. The smallest absolute Gasteiger partial charge is 0.200 e. The number of hydrogen-bond donors (Lipinski definition) is 1. The van der Waals surface area contributed by atoms with E-state index in [1.54, 1.807) is 37.3 Å². The van der Waals surface area contributed by atoms with Gasteiger partial charge < -0.3 is 0 Å². The van der Waals surface area contributed by atoms with E-state index in [4.69, 9.17) is 11.6 Å². The Kier molecular flexibility index (Phi) is 4.24. The Morgan fingerprint density at radius 1 is 1.21 bits per heavy atom. The molecule has 1 N–H and O–H groups in total. The van der Waals surface area contributed by atoms with Crippen LogP contribution in [0.25, 0.3) is 0 Å². The van der Waals surface area contributed by atoms with Gasteiger partial charge in [-0.3, -0.25) is 0 Å². The predicted octanol–water partition coefficient (Wildman–Crippen LogP) is 3.10. The van der Waals surface area contributed by atoms with Crippen LogP contribution in [0.4, 0.5) is 0 Å². The van der Waals surface area contributed by atoms with Crippen LogP contribution in [-0.2, 0) is 10.0 Å². The number of sulfonamides is 1. The third-order valence-corrected chi connectivity index (χ3v) is 4.88. The molecule has 0 saturated heterocycles. The molecule has 19 heavy (non-hydrogen) atoms. The highest BCUT2D eigenvalue weighted by Gasteiger charge is 2.12. The van der Waals surface area contributed by atoms with Crippen molar-refractivity contribution in [2.45, 2.75) is 11.8 Å². The van der Waals surface area contributed by atoms with Crippen LogP contribution in [0.3, 0.4) is 0 Å². The summed E-state index contributed by atoms with van der Waals surface area (Å²) < 4.78 is 24.5. The molecule has 0 amide bonds. The maximum atomic E-state index is 11.9. The van der Waals surface area contributed by atoms with Gasteiger partial charge in [0.05, 0.1) is 19.8 Å². The highest BCUT2D eigenvalue weighted by molar-refractivity contribution is 7.89. The number of hydrazone groups is 1. The van der Waals surface area contributed by atoms with Crippen molar-refractivity contribution in [2.75, 3.05) is 0 Å². The number of benzene rings is 1. The Hall–Kier alpha value is -1.37. The van der Waals surface area contributed by atoms with Gasteiger partial charge in [-0.1, -0.05) is 29.8 Å². The molecule has 0 saturated carbocycles. The van der Waals surface area contributed by atoms with E-state index in [1.807, 2.05) is 0 Å². The molecule has 1 heterocycles. The van der Waals surface area contributed by atoms with Crippen LogP contribution in [0, 0.1) is 0 Å². The van der Waals surface area contributed by atoms with Crippen LogP contribution >= 0.6 is 22.9 Å². The third kappa shape index (κ3) is 3.56. The largest absolute Gasteiger partial charge is 0.276 e. The molecule has 7 heteroatoms. The number of halogens is 1. The fourth-order valence-corrected chi connectivity index (χ4v) is 3.21. The van der Waals surface area contributed by atoms with E-state index in [9.17, 15) is 8.42 Å². The summed E-state index contributed by atoms with van der Waals surface area (Å²) in [5.74, 6) is 0. The zero-order valence-electron chi connectivity index (χ0n) is 10.00. The number of nitrogens with one attached hydrogen (secondary N) is 1. The second kappa shape index (κ2) is 5.73. The maximum Gasteiger partial charge on any atom is 0.276 e. The van der Waals surface area contributed by atoms with E-state index in [1.165, 1.54) is 23.5 Å². The van der Waals surface area contributed by atoms with Crippen LogP contribution in [-0.4, -0.2) is 14.1 Å². The SMILES string of the molecule is CC(=NNS(=O)(=O)c1ccccc1)c1ccc(Cl)s1. The van der Waals surface area contributed by atoms with Crippen LogP contribution in [0.15, 0.2) is 52.5 Å². The lowest BCUT2D eigenvalue weighted by Crippen LogP contribution is -2.19. The highest BCUT2D eigenvalue weighted by atomic mass is 35.5. The fourth-order valence-electron chi connectivity index (χ4n) is 1.34. The summed E-state index contributed by atoms with van der Waals surface area (Å²) in [7, 11) is -3.62. The van der Waals surface area contributed by atoms with Crippen molar-refractivity contribution < 1.29 is 8.42 Å². The zero-order chi connectivity index (χ0) is 13.9. The van der Waals surface area contributed by atoms with Gasteiger partial charge in [-0.25, -0.2) is 0 Å². The molecule has 4 nitrogen and oxygen atoms in total. The van der Waals surface area contributed by atoms with Crippen molar-refractivity contribution >= 4 is 38.7 Å². The van der Waals surface area contributed by atoms with Crippen LogP contribution < -0.4 is 4.83 Å². The molecule has 0 spiro atoms.